The monoisotopic (exact) mass is 298 g/mol. The Morgan fingerprint density at radius 1 is 1.20 bits per heavy atom. The maximum absolute atomic E-state index is 12.7. The van der Waals surface area contributed by atoms with Crippen LogP contribution < -0.4 is 10.5 Å². The molecule has 1 aliphatic heterocycles. The summed E-state index contributed by atoms with van der Waals surface area (Å²) >= 11 is 0. The predicted octanol–water partition coefficient (Wildman–Crippen LogP) is 2.07. The van der Waals surface area contributed by atoms with Gasteiger partial charge in [-0.2, -0.15) is 4.31 Å². The van der Waals surface area contributed by atoms with Crippen LogP contribution in [0.15, 0.2) is 11.0 Å². The first-order valence-corrected chi connectivity index (χ1v) is 8.27. The Bertz CT molecular complexity index is 605. The van der Waals surface area contributed by atoms with Crippen LogP contribution in [0.4, 0.5) is 5.69 Å². The van der Waals surface area contributed by atoms with E-state index < -0.39 is 10.0 Å². The average Bonchev–Trinajstić information content (AvgIpc) is 2.44. The number of nitrogens with zero attached hydrogens (tertiary/aromatic N) is 1. The molecule has 0 aromatic heterocycles. The summed E-state index contributed by atoms with van der Waals surface area (Å²) in [6.45, 7) is 4.72. The lowest BCUT2D eigenvalue weighted by molar-refractivity contribution is 0.346. The average molecular weight is 298 g/mol. The van der Waals surface area contributed by atoms with Crippen LogP contribution in [-0.2, 0) is 10.0 Å². The smallest absolute Gasteiger partial charge is 0.243 e. The van der Waals surface area contributed by atoms with Crippen LogP contribution >= 0.6 is 0 Å². The van der Waals surface area contributed by atoms with Crippen LogP contribution in [0.25, 0.3) is 0 Å². The maximum Gasteiger partial charge on any atom is 0.243 e. The highest BCUT2D eigenvalue weighted by Crippen LogP contribution is 2.35. The SMILES string of the molecule is COc1c(C)cc(S(=O)(=O)N2CCCCC2)c(C)c1N. The Morgan fingerprint density at radius 2 is 1.80 bits per heavy atom. The Hall–Kier alpha value is -1.27. The van der Waals surface area contributed by atoms with Gasteiger partial charge in [0.05, 0.1) is 17.7 Å². The van der Waals surface area contributed by atoms with E-state index in [4.69, 9.17) is 10.5 Å². The summed E-state index contributed by atoms with van der Waals surface area (Å²) in [6, 6.07) is 1.66. The van der Waals surface area contributed by atoms with Crippen molar-refractivity contribution in [1.29, 1.82) is 0 Å². The van der Waals surface area contributed by atoms with Gasteiger partial charge in [0.25, 0.3) is 0 Å². The number of hydrogen-bond donors (Lipinski definition) is 1. The standard InChI is InChI=1S/C14H22N2O3S/c1-10-9-12(11(2)13(15)14(10)19-3)20(17,18)16-7-5-4-6-8-16/h9H,4-8,15H2,1-3H3. The molecule has 2 rings (SSSR count). The maximum atomic E-state index is 12.7. The second-order valence-corrected chi connectivity index (χ2v) is 7.13. The number of rotatable bonds is 3. The third-order valence-corrected chi connectivity index (χ3v) is 5.89. The van der Waals surface area contributed by atoms with E-state index in [0.29, 0.717) is 35.0 Å². The summed E-state index contributed by atoms with van der Waals surface area (Å²) in [4.78, 5) is 0.301. The lowest BCUT2D eigenvalue weighted by Gasteiger charge is -2.27. The number of benzene rings is 1. The highest BCUT2D eigenvalue weighted by atomic mass is 32.2. The van der Waals surface area contributed by atoms with Crippen molar-refractivity contribution in [3.8, 4) is 5.75 Å². The molecule has 0 bridgehead atoms. The normalized spacial score (nSPS) is 17.1. The molecule has 1 aromatic rings. The number of methoxy groups -OCH3 is 1. The number of piperidine rings is 1. The quantitative estimate of drug-likeness (QED) is 0.867. The summed E-state index contributed by atoms with van der Waals surface area (Å²) in [5.41, 5.74) is 7.73. The number of sulfonamides is 1. The highest BCUT2D eigenvalue weighted by molar-refractivity contribution is 7.89. The molecule has 1 fully saturated rings. The number of ether oxygens (including phenoxy) is 1. The van der Waals surface area contributed by atoms with Crippen molar-refractivity contribution in [1.82, 2.24) is 4.31 Å². The lowest BCUT2D eigenvalue weighted by atomic mass is 10.1. The first kappa shape index (κ1) is 15.1. The van der Waals surface area contributed by atoms with E-state index in [-0.39, 0.29) is 0 Å². The molecule has 0 spiro atoms. The van der Waals surface area contributed by atoms with Gasteiger partial charge in [-0.3, -0.25) is 0 Å². The predicted molar refractivity (Wildman–Crippen MR) is 79.5 cm³/mol. The molecule has 112 valence electrons. The number of nitrogen functional groups attached to an aromatic ring is 1. The number of anilines is 1. The first-order chi connectivity index (χ1) is 9.39. The molecule has 1 aliphatic rings. The molecule has 1 heterocycles. The van der Waals surface area contributed by atoms with E-state index in [0.717, 1.165) is 24.8 Å². The summed E-state index contributed by atoms with van der Waals surface area (Å²) in [5, 5.41) is 0. The number of nitrogens with two attached hydrogens (primary N) is 1. The van der Waals surface area contributed by atoms with Crippen LogP contribution in [-0.4, -0.2) is 32.9 Å². The van der Waals surface area contributed by atoms with Crippen molar-refractivity contribution < 1.29 is 13.2 Å². The van der Waals surface area contributed by atoms with E-state index >= 15 is 0 Å². The summed E-state index contributed by atoms with van der Waals surface area (Å²) in [6.07, 6.45) is 2.93. The van der Waals surface area contributed by atoms with Crippen molar-refractivity contribution in [2.75, 3.05) is 25.9 Å². The third kappa shape index (κ3) is 2.50. The molecule has 2 N–H and O–H groups in total. The number of hydrogen-bond acceptors (Lipinski definition) is 4. The second kappa shape index (κ2) is 5.61. The zero-order chi connectivity index (χ0) is 14.9. The van der Waals surface area contributed by atoms with Crippen LogP contribution in [0, 0.1) is 13.8 Å². The minimum Gasteiger partial charge on any atom is -0.494 e. The highest BCUT2D eigenvalue weighted by Gasteiger charge is 2.29. The lowest BCUT2D eigenvalue weighted by Crippen LogP contribution is -2.36. The van der Waals surface area contributed by atoms with Crippen molar-refractivity contribution >= 4 is 15.7 Å². The Morgan fingerprint density at radius 3 is 2.35 bits per heavy atom. The molecule has 0 aliphatic carbocycles. The molecule has 0 atom stereocenters. The fraction of sp³-hybridized carbons (Fsp3) is 0.571. The number of aryl methyl sites for hydroxylation is 1. The van der Waals surface area contributed by atoms with Gasteiger partial charge in [0, 0.05) is 13.1 Å². The molecule has 5 nitrogen and oxygen atoms in total. The zero-order valence-corrected chi connectivity index (χ0v) is 13.1. The van der Waals surface area contributed by atoms with Crippen LogP contribution in [0.5, 0.6) is 5.75 Å². The van der Waals surface area contributed by atoms with E-state index in [1.54, 1.807) is 17.3 Å². The Balaban J connectivity index is 2.52. The van der Waals surface area contributed by atoms with Crippen LogP contribution in [0.2, 0.25) is 0 Å². The van der Waals surface area contributed by atoms with E-state index in [2.05, 4.69) is 0 Å². The second-order valence-electron chi connectivity index (χ2n) is 5.23. The third-order valence-electron chi connectivity index (χ3n) is 3.86. The fourth-order valence-electron chi connectivity index (χ4n) is 2.67. The van der Waals surface area contributed by atoms with Crippen molar-refractivity contribution in [2.45, 2.75) is 38.0 Å². The van der Waals surface area contributed by atoms with Crippen LogP contribution in [0.3, 0.4) is 0 Å². The van der Waals surface area contributed by atoms with E-state index in [1.165, 1.54) is 7.11 Å². The Kier molecular flexibility index (Phi) is 4.25. The summed E-state index contributed by atoms with van der Waals surface area (Å²) in [7, 11) is -1.93. The molecular formula is C14H22N2O3S. The van der Waals surface area contributed by atoms with Gasteiger partial charge in [-0.1, -0.05) is 6.42 Å². The van der Waals surface area contributed by atoms with Crippen LogP contribution in [0.1, 0.15) is 30.4 Å². The molecular weight excluding hydrogens is 276 g/mol. The van der Waals surface area contributed by atoms with Crippen molar-refractivity contribution in [2.24, 2.45) is 0 Å². The summed E-state index contributed by atoms with van der Waals surface area (Å²) in [5.74, 6) is 0.556. The molecule has 0 radical (unpaired) electrons. The largest absolute Gasteiger partial charge is 0.494 e. The molecule has 1 aromatic carbocycles. The van der Waals surface area contributed by atoms with Gasteiger partial charge in [-0.05, 0) is 43.9 Å². The molecule has 1 saturated heterocycles. The topological polar surface area (TPSA) is 72.6 Å². The first-order valence-electron chi connectivity index (χ1n) is 6.83. The molecule has 0 saturated carbocycles. The minimum atomic E-state index is -3.46. The van der Waals surface area contributed by atoms with Gasteiger partial charge in [-0.15, -0.1) is 0 Å². The van der Waals surface area contributed by atoms with Crippen molar-refractivity contribution in [3.63, 3.8) is 0 Å². The molecule has 20 heavy (non-hydrogen) atoms. The molecule has 0 unspecified atom stereocenters. The van der Waals surface area contributed by atoms with E-state index in [1.807, 2.05) is 6.92 Å². The molecule has 6 heteroatoms. The molecule has 0 amide bonds. The van der Waals surface area contributed by atoms with Gasteiger partial charge < -0.3 is 10.5 Å². The van der Waals surface area contributed by atoms with Gasteiger partial charge >= 0.3 is 0 Å². The van der Waals surface area contributed by atoms with Gasteiger partial charge in [-0.25, -0.2) is 8.42 Å². The van der Waals surface area contributed by atoms with E-state index in [9.17, 15) is 8.42 Å². The fourth-order valence-corrected chi connectivity index (χ4v) is 4.51. The Labute approximate surface area is 120 Å². The van der Waals surface area contributed by atoms with Gasteiger partial charge in [0.15, 0.2) is 0 Å². The summed E-state index contributed by atoms with van der Waals surface area (Å²) < 4.78 is 32.3. The minimum absolute atomic E-state index is 0.301. The van der Waals surface area contributed by atoms with Gasteiger partial charge in [0.2, 0.25) is 10.0 Å². The van der Waals surface area contributed by atoms with Gasteiger partial charge in [0.1, 0.15) is 5.75 Å². The zero-order valence-electron chi connectivity index (χ0n) is 12.3. The van der Waals surface area contributed by atoms with Crippen molar-refractivity contribution in [3.05, 3.63) is 17.2 Å².